The number of nitrogens with one attached hydrogen (secondary N) is 2. The van der Waals surface area contributed by atoms with Crippen molar-refractivity contribution < 1.29 is 9.53 Å². The van der Waals surface area contributed by atoms with Gasteiger partial charge in [0.1, 0.15) is 11.8 Å². The van der Waals surface area contributed by atoms with Gasteiger partial charge in [-0.3, -0.25) is 4.79 Å². The van der Waals surface area contributed by atoms with Crippen LogP contribution in [0.5, 0.6) is 5.75 Å². The molecule has 1 atom stereocenters. The lowest BCUT2D eigenvalue weighted by Gasteiger charge is -2.15. The number of carbonyl (C=O) groups excluding carboxylic acids is 1. The fourth-order valence-electron chi connectivity index (χ4n) is 1.68. The molecule has 1 amide bonds. The Hall–Kier alpha value is -2.34. The summed E-state index contributed by atoms with van der Waals surface area (Å²) in [5.74, 6) is 0.480. The summed E-state index contributed by atoms with van der Waals surface area (Å²) in [4.78, 5) is 12.9. The highest BCUT2D eigenvalue weighted by Gasteiger charge is 2.13. The standard InChI is InChI=1S/C15H17N3O2S/c1-11(17-13-7-3-4-8-14(13)20-2)15(19)18-16-10-12-6-5-9-21-12/h3-11,17H,1-2H3,(H,18,19). The van der Waals surface area contributed by atoms with Gasteiger partial charge in [-0.15, -0.1) is 11.3 Å². The van der Waals surface area contributed by atoms with Crippen LogP contribution in [-0.4, -0.2) is 25.3 Å². The molecule has 110 valence electrons. The van der Waals surface area contributed by atoms with Crippen molar-refractivity contribution in [2.24, 2.45) is 5.10 Å². The average Bonchev–Trinajstić information content (AvgIpc) is 3.01. The molecule has 2 N–H and O–H groups in total. The fourth-order valence-corrected chi connectivity index (χ4v) is 2.27. The molecule has 2 aromatic rings. The van der Waals surface area contributed by atoms with E-state index in [1.54, 1.807) is 31.6 Å². The molecule has 0 radical (unpaired) electrons. The third-order valence-electron chi connectivity index (χ3n) is 2.78. The Balaban J connectivity index is 1.90. The number of para-hydroxylation sites is 2. The molecule has 0 bridgehead atoms. The van der Waals surface area contributed by atoms with E-state index >= 15 is 0 Å². The van der Waals surface area contributed by atoms with Crippen molar-refractivity contribution in [2.75, 3.05) is 12.4 Å². The molecule has 0 aliphatic carbocycles. The van der Waals surface area contributed by atoms with Gasteiger partial charge in [0.2, 0.25) is 0 Å². The van der Waals surface area contributed by atoms with Crippen LogP contribution in [0.3, 0.4) is 0 Å². The first-order valence-corrected chi connectivity index (χ1v) is 7.34. The van der Waals surface area contributed by atoms with E-state index in [-0.39, 0.29) is 5.91 Å². The topological polar surface area (TPSA) is 62.7 Å². The number of anilines is 1. The van der Waals surface area contributed by atoms with Crippen LogP contribution in [0.2, 0.25) is 0 Å². The highest BCUT2D eigenvalue weighted by molar-refractivity contribution is 7.11. The number of hydrogen-bond acceptors (Lipinski definition) is 5. The molecule has 1 heterocycles. The number of benzene rings is 1. The van der Waals surface area contributed by atoms with Gasteiger partial charge >= 0.3 is 0 Å². The van der Waals surface area contributed by atoms with Crippen LogP contribution >= 0.6 is 11.3 Å². The lowest BCUT2D eigenvalue weighted by atomic mass is 10.2. The Bertz CT molecular complexity index is 611. The average molecular weight is 303 g/mol. The van der Waals surface area contributed by atoms with Gasteiger partial charge in [0.25, 0.3) is 5.91 Å². The second kappa shape index (κ2) is 7.44. The van der Waals surface area contributed by atoms with Crippen molar-refractivity contribution in [3.8, 4) is 5.75 Å². The van der Waals surface area contributed by atoms with Crippen molar-refractivity contribution >= 4 is 29.1 Å². The molecule has 1 aromatic heterocycles. The largest absolute Gasteiger partial charge is 0.495 e. The maximum absolute atomic E-state index is 12.0. The predicted molar refractivity (Wildman–Crippen MR) is 86.1 cm³/mol. The minimum Gasteiger partial charge on any atom is -0.495 e. The van der Waals surface area contributed by atoms with E-state index < -0.39 is 6.04 Å². The SMILES string of the molecule is COc1ccccc1NC(C)C(=O)NN=Cc1cccs1. The summed E-state index contributed by atoms with van der Waals surface area (Å²) in [6, 6.07) is 10.9. The van der Waals surface area contributed by atoms with Gasteiger partial charge in [-0.05, 0) is 30.5 Å². The first-order valence-electron chi connectivity index (χ1n) is 6.46. The van der Waals surface area contributed by atoms with E-state index in [1.807, 2.05) is 41.8 Å². The third kappa shape index (κ3) is 4.32. The predicted octanol–water partition coefficient (Wildman–Crippen LogP) is 2.71. The second-order valence-electron chi connectivity index (χ2n) is 4.32. The van der Waals surface area contributed by atoms with Crippen LogP contribution in [0.25, 0.3) is 0 Å². The van der Waals surface area contributed by atoms with Gasteiger partial charge in [0.15, 0.2) is 0 Å². The Morgan fingerprint density at radius 3 is 2.86 bits per heavy atom. The smallest absolute Gasteiger partial charge is 0.262 e. The number of thiophene rings is 1. The first-order chi connectivity index (χ1) is 10.2. The Morgan fingerprint density at radius 1 is 1.33 bits per heavy atom. The Labute approximate surface area is 127 Å². The number of hydrazone groups is 1. The fraction of sp³-hybridized carbons (Fsp3) is 0.200. The molecule has 0 saturated heterocycles. The van der Waals surface area contributed by atoms with Crippen molar-refractivity contribution in [1.29, 1.82) is 0 Å². The van der Waals surface area contributed by atoms with Crippen LogP contribution in [-0.2, 0) is 4.79 Å². The zero-order valence-electron chi connectivity index (χ0n) is 11.9. The lowest BCUT2D eigenvalue weighted by molar-refractivity contribution is -0.121. The number of ether oxygens (including phenoxy) is 1. The molecule has 1 unspecified atom stereocenters. The minimum atomic E-state index is -0.429. The molecule has 5 nitrogen and oxygen atoms in total. The maximum atomic E-state index is 12.0. The van der Waals surface area contributed by atoms with E-state index in [2.05, 4.69) is 15.8 Å². The van der Waals surface area contributed by atoms with Crippen molar-refractivity contribution in [3.05, 3.63) is 46.7 Å². The van der Waals surface area contributed by atoms with E-state index in [0.717, 1.165) is 10.6 Å². The Morgan fingerprint density at radius 2 is 2.14 bits per heavy atom. The van der Waals surface area contributed by atoms with E-state index in [4.69, 9.17) is 4.74 Å². The summed E-state index contributed by atoms with van der Waals surface area (Å²) in [6.07, 6.45) is 1.62. The van der Waals surface area contributed by atoms with Gasteiger partial charge in [0, 0.05) is 4.88 Å². The van der Waals surface area contributed by atoms with Crippen molar-refractivity contribution in [2.45, 2.75) is 13.0 Å². The number of carbonyl (C=O) groups is 1. The lowest BCUT2D eigenvalue weighted by Crippen LogP contribution is -2.35. The van der Waals surface area contributed by atoms with Crippen LogP contribution in [0.15, 0.2) is 46.9 Å². The van der Waals surface area contributed by atoms with E-state index in [1.165, 1.54) is 0 Å². The summed E-state index contributed by atoms with van der Waals surface area (Å²) in [7, 11) is 1.59. The zero-order chi connectivity index (χ0) is 15.1. The molecule has 0 spiro atoms. The molecule has 21 heavy (non-hydrogen) atoms. The van der Waals surface area contributed by atoms with Crippen molar-refractivity contribution in [1.82, 2.24) is 5.43 Å². The summed E-state index contributed by atoms with van der Waals surface area (Å²) >= 11 is 1.56. The minimum absolute atomic E-state index is 0.214. The van der Waals surface area contributed by atoms with Gasteiger partial charge in [-0.2, -0.15) is 5.10 Å². The van der Waals surface area contributed by atoms with Crippen LogP contribution in [0, 0.1) is 0 Å². The number of nitrogens with zero attached hydrogens (tertiary/aromatic N) is 1. The van der Waals surface area contributed by atoms with Crippen LogP contribution in [0.1, 0.15) is 11.8 Å². The number of hydrogen-bond donors (Lipinski definition) is 2. The highest BCUT2D eigenvalue weighted by atomic mass is 32.1. The Kier molecular flexibility index (Phi) is 5.34. The zero-order valence-corrected chi connectivity index (χ0v) is 12.7. The van der Waals surface area contributed by atoms with Crippen LogP contribution in [0.4, 0.5) is 5.69 Å². The first kappa shape index (κ1) is 15.1. The summed E-state index contributed by atoms with van der Waals surface area (Å²) in [6.45, 7) is 1.77. The van der Waals surface area contributed by atoms with Crippen LogP contribution < -0.4 is 15.5 Å². The normalized spacial score (nSPS) is 12.1. The van der Waals surface area contributed by atoms with Gasteiger partial charge in [-0.1, -0.05) is 18.2 Å². The molecule has 2 rings (SSSR count). The quantitative estimate of drug-likeness (QED) is 0.637. The monoisotopic (exact) mass is 303 g/mol. The van der Waals surface area contributed by atoms with E-state index in [0.29, 0.717) is 5.75 Å². The molecular weight excluding hydrogens is 286 g/mol. The molecule has 0 aliphatic rings. The summed E-state index contributed by atoms with van der Waals surface area (Å²) in [5.41, 5.74) is 3.28. The van der Waals surface area contributed by atoms with Gasteiger partial charge in [-0.25, -0.2) is 5.43 Å². The molecule has 0 saturated carbocycles. The highest BCUT2D eigenvalue weighted by Crippen LogP contribution is 2.23. The number of rotatable bonds is 6. The molecule has 6 heteroatoms. The summed E-state index contributed by atoms with van der Waals surface area (Å²) in [5, 5.41) is 8.98. The third-order valence-corrected chi connectivity index (χ3v) is 3.59. The van der Waals surface area contributed by atoms with Gasteiger partial charge < -0.3 is 10.1 Å². The molecule has 0 aliphatic heterocycles. The van der Waals surface area contributed by atoms with E-state index in [9.17, 15) is 4.79 Å². The van der Waals surface area contributed by atoms with Gasteiger partial charge in [0.05, 0.1) is 19.0 Å². The molecular formula is C15H17N3O2S. The molecule has 0 fully saturated rings. The molecule has 1 aromatic carbocycles. The second-order valence-corrected chi connectivity index (χ2v) is 5.30. The maximum Gasteiger partial charge on any atom is 0.262 e. The summed E-state index contributed by atoms with van der Waals surface area (Å²) < 4.78 is 5.23. The number of methoxy groups -OCH3 is 1. The number of amides is 1. The van der Waals surface area contributed by atoms with Crippen molar-refractivity contribution in [3.63, 3.8) is 0 Å².